The smallest absolute Gasteiger partial charge is 0.147 e. The minimum absolute atomic E-state index is 0.269. The molecule has 0 heterocycles. The van der Waals surface area contributed by atoms with E-state index in [9.17, 15) is 8.42 Å². The van der Waals surface area contributed by atoms with Crippen molar-refractivity contribution in [1.29, 1.82) is 0 Å². The van der Waals surface area contributed by atoms with Gasteiger partial charge in [0.25, 0.3) is 0 Å². The maximum absolute atomic E-state index is 10.9. The number of hydrogen-bond donors (Lipinski definition) is 1. The van der Waals surface area contributed by atoms with Crippen LogP contribution in [0.5, 0.6) is 0 Å². The zero-order chi connectivity index (χ0) is 12.8. The van der Waals surface area contributed by atoms with Gasteiger partial charge in [-0.3, -0.25) is 0 Å². The van der Waals surface area contributed by atoms with Crippen LogP contribution in [-0.4, -0.2) is 33.5 Å². The van der Waals surface area contributed by atoms with Gasteiger partial charge in [0, 0.05) is 18.1 Å². The van der Waals surface area contributed by atoms with Gasteiger partial charge in [0.05, 0.1) is 0 Å². The average molecular weight is 249 g/mol. The Labute approximate surface area is 101 Å². The molecule has 16 heavy (non-hydrogen) atoms. The van der Waals surface area contributed by atoms with Gasteiger partial charge < -0.3 is 5.32 Å². The minimum Gasteiger partial charge on any atom is -0.316 e. The molecule has 98 valence electrons. The van der Waals surface area contributed by atoms with E-state index >= 15 is 0 Å². The van der Waals surface area contributed by atoms with Gasteiger partial charge in [-0.05, 0) is 25.3 Å². The van der Waals surface area contributed by atoms with Crippen molar-refractivity contribution in [3.8, 4) is 0 Å². The highest BCUT2D eigenvalue weighted by atomic mass is 32.2. The fourth-order valence-electron chi connectivity index (χ4n) is 1.90. The Hall–Kier alpha value is -0.0900. The van der Waals surface area contributed by atoms with Crippen LogP contribution in [0.1, 0.15) is 46.5 Å². The standard InChI is InChI=1S/C12H27NO2S/c1-12(2,3)11(13-4)9-7-6-8-10-16(5,14)15/h11,13H,6-10H2,1-5H3. The average Bonchev–Trinajstić information content (AvgIpc) is 2.07. The Balaban J connectivity index is 3.73. The lowest BCUT2D eigenvalue weighted by molar-refractivity contribution is 0.262. The molecule has 0 fully saturated rings. The first-order valence-electron chi connectivity index (χ1n) is 6.02. The summed E-state index contributed by atoms with van der Waals surface area (Å²) >= 11 is 0. The van der Waals surface area contributed by atoms with Crippen LogP contribution >= 0.6 is 0 Å². The molecule has 0 aromatic rings. The second kappa shape index (κ2) is 6.60. The topological polar surface area (TPSA) is 46.2 Å². The highest BCUT2D eigenvalue weighted by Gasteiger charge is 2.21. The largest absolute Gasteiger partial charge is 0.316 e. The molecule has 0 rings (SSSR count). The molecule has 1 N–H and O–H groups in total. The second-order valence-corrected chi connectivity index (χ2v) is 7.95. The molecule has 0 spiro atoms. The summed E-state index contributed by atoms with van der Waals surface area (Å²) in [6.07, 6.45) is 5.31. The molecule has 0 bridgehead atoms. The Bertz CT molecular complexity index is 278. The molecule has 0 aromatic carbocycles. The Morgan fingerprint density at radius 3 is 2.06 bits per heavy atom. The van der Waals surface area contributed by atoms with Crippen molar-refractivity contribution in [2.45, 2.75) is 52.5 Å². The summed E-state index contributed by atoms with van der Waals surface area (Å²) in [5, 5.41) is 3.33. The summed E-state index contributed by atoms with van der Waals surface area (Å²) < 4.78 is 21.9. The van der Waals surface area contributed by atoms with Gasteiger partial charge in [0.2, 0.25) is 0 Å². The van der Waals surface area contributed by atoms with Crippen LogP contribution in [0.2, 0.25) is 0 Å². The summed E-state index contributed by atoms with van der Waals surface area (Å²) in [4.78, 5) is 0. The van der Waals surface area contributed by atoms with E-state index in [4.69, 9.17) is 0 Å². The van der Waals surface area contributed by atoms with Crippen LogP contribution in [-0.2, 0) is 9.84 Å². The highest BCUT2D eigenvalue weighted by molar-refractivity contribution is 7.90. The van der Waals surface area contributed by atoms with Gasteiger partial charge in [-0.2, -0.15) is 0 Å². The van der Waals surface area contributed by atoms with Crippen molar-refractivity contribution < 1.29 is 8.42 Å². The van der Waals surface area contributed by atoms with E-state index in [-0.39, 0.29) is 5.41 Å². The monoisotopic (exact) mass is 249 g/mol. The number of nitrogens with one attached hydrogen (secondary N) is 1. The first kappa shape index (κ1) is 15.9. The summed E-state index contributed by atoms with van der Waals surface area (Å²) in [5.74, 6) is 0.326. The Kier molecular flexibility index (Phi) is 6.56. The van der Waals surface area contributed by atoms with Crippen LogP contribution in [0, 0.1) is 5.41 Å². The third-order valence-corrected chi connectivity index (χ3v) is 3.93. The first-order valence-corrected chi connectivity index (χ1v) is 8.08. The molecule has 3 nitrogen and oxygen atoms in total. The molecule has 0 radical (unpaired) electrons. The molecular weight excluding hydrogens is 222 g/mol. The molecule has 0 aliphatic carbocycles. The van der Waals surface area contributed by atoms with Gasteiger partial charge in [-0.1, -0.05) is 33.6 Å². The van der Waals surface area contributed by atoms with Crippen LogP contribution in [0.15, 0.2) is 0 Å². The summed E-state index contributed by atoms with van der Waals surface area (Å²) in [5.41, 5.74) is 0.269. The van der Waals surface area contributed by atoms with Crippen molar-refractivity contribution in [3.05, 3.63) is 0 Å². The fourth-order valence-corrected chi connectivity index (χ4v) is 2.63. The van der Waals surface area contributed by atoms with E-state index < -0.39 is 9.84 Å². The van der Waals surface area contributed by atoms with Crippen molar-refractivity contribution in [1.82, 2.24) is 5.32 Å². The SMILES string of the molecule is CNC(CCCCCS(C)(=O)=O)C(C)(C)C. The molecule has 1 unspecified atom stereocenters. The molecule has 0 aliphatic rings. The van der Waals surface area contributed by atoms with Gasteiger partial charge in [-0.25, -0.2) is 8.42 Å². The Morgan fingerprint density at radius 2 is 1.69 bits per heavy atom. The molecule has 0 saturated heterocycles. The fraction of sp³-hybridized carbons (Fsp3) is 1.00. The van der Waals surface area contributed by atoms with Crippen molar-refractivity contribution in [2.24, 2.45) is 5.41 Å². The van der Waals surface area contributed by atoms with E-state index in [0.29, 0.717) is 11.8 Å². The second-order valence-electron chi connectivity index (χ2n) is 5.69. The first-order chi connectivity index (χ1) is 7.17. The number of rotatable bonds is 7. The molecule has 4 heteroatoms. The van der Waals surface area contributed by atoms with Crippen LogP contribution in [0.4, 0.5) is 0 Å². The number of unbranched alkanes of at least 4 members (excludes halogenated alkanes) is 2. The quantitative estimate of drug-likeness (QED) is 0.704. The van der Waals surface area contributed by atoms with E-state index in [1.807, 2.05) is 7.05 Å². The Morgan fingerprint density at radius 1 is 1.12 bits per heavy atom. The van der Waals surface area contributed by atoms with E-state index in [2.05, 4.69) is 26.1 Å². The predicted molar refractivity (Wildman–Crippen MR) is 70.5 cm³/mol. The van der Waals surface area contributed by atoms with Crippen LogP contribution in [0.3, 0.4) is 0 Å². The third-order valence-electron chi connectivity index (χ3n) is 2.90. The molecule has 0 aromatic heterocycles. The van der Waals surface area contributed by atoms with Gasteiger partial charge in [-0.15, -0.1) is 0 Å². The zero-order valence-corrected chi connectivity index (χ0v) is 12.2. The molecule has 0 aliphatic heterocycles. The van der Waals surface area contributed by atoms with Crippen LogP contribution < -0.4 is 5.32 Å². The minimum atomic E-state index is -2.77. The van der Waals surface area contributed by atoms with Crippen molar-refractivity contribution in [2.75, 3.05) is 19.1 Å². The summed E-state index contributed by atoms with van der Waals surface area (Å²) in [7, 11) is -0.782. The molecular formula is C12H27NO2S. The normalized spacial score (nSPS) is 15.1. The lowest BCUT2D eigenvalue weighted by atomic mass is 9.84. The summed E-state index contributed by atoms with van der Waals surface area (Å²) in [6.45, 7) is 6.68. The maximum Gasteiger partial charge on any atom is 0.147 e. The molecule has 0 amide bonds. The highest BCUT2D eigenvalue weighted by Crippen LogP contribution is 2.23. The molecule has 1 atom stereocenters. The van der Waals surface area contributed by atoms with Crippen molar-refractivity contribution in [3.63, 3.8) is 0 Å². The molecule has 0 saturated carbocycles. The van der Waals surface area contributed by atoms with Crippen LogP contribution in [0.25, 0.3) is 0 Å². The zero-order valence-electron chi connectivity index (χ0n) is 11.3. The van der Waals surface area contributed by atoms with Crippen molar-refractivity contribution >= 4 is 9.84 Å². The van der Waals surface area contributed by atoms with E-state index in [1.54, 1.807) is 0 Å². The number of hydrogen-bond acceptors (Lipinski definition) is 3. The summed E-state index contributed by atoms with van der Waals surface area (Å²) in [6, 6.07) is 0.505. The lowest BCUT2D eigenvalue weighted by Gasteiger charge is -2.30. The number of sulfone groups is 1. The maximum atomic E-state index is 10.9. The van der Waals surface area contributed by atoms with E-state index in [0.717, 1.165) is 25.7 Å². The lowest BCUT2D eigenvalue weighted by Crippen LogP contribution is -2.37. The van der Waals surface area contributed by atoms with Gasteiger partial charge in [0.1, 0.15) is 9.84 Å². The third kappa shape index (κ3) is 8.11. The van der Waals surface area contributed by atoms with Gasteiger partial charge in [0.15, 0.2) is 0 Å². The van der Waals surface area contributed by atoms with Gasteiger partial charge >= 0.3 is 0 Å². The predicted octanol–water partition coefficient (Wildman–Crippen LogP) is 2.23. The van der Waals surface area contributed by atoms with E-state index in [1.165, 1.54) is 6.26 Å².